The standard InChI is InChI=1S/C25H28FN3O2S/c1-2-31-22-12-13-23-17(15-22)14-18(24(30)28-23)16-29(21-6-4-3-5-7-21)25(32)27-20-10-8-19(26)9-11-20/h8-15,21H,2-7,16H2,1H3,(H,27,32)(H,28,30). The third-order valence-corrected chi connectivity index (χ3v) is 6.25. The molecule has 1 aliphatic carbocycles. The summed E-state index contributed by atoms with van der Waals surface area (Å²) in [5, 5.41) is 4.70. The minimum atomic E-state index is -0.292. The van der Waals surface area contributed by atoms with Crippen molar-refractivity contribution in [2.75, 3.05) is 11.9 Å². The summed E-state index contributed by atoms with van der Waals surface area (Å²) in [6.45, 7) is 2.93. The smallest absolute Gasteiger partial charge is 0.253 e. The van der Waals surface area contributed by atoms with Crippen LogP contribution in [0.5, 0.6) is 5.75 Å². The van der Waals surface area contributed by atoms with E-state index in [4.69, 9.17) is 17.0 Å². The number of aromatic nitrogens is 1. The Labute approximate surface area is 192 Å². The fraction of sp³-hybridized carbons (Fsp3) is 0.360. The van der Waals surface area contributed by atoms with Crippen LogP contribution in [0.2, 0.25) is 0 Å². The normalized spacial score (nSPS) is 14.3. The number of hydrogen-bond donors (Lipinski definition) is 2. The van der Waals surface area contributed by atoms with Gasteiger partial charge in [-0.25, -0.2) is 4.39 Å². The van der Waals surface area contributed by atoms with Crippen LogP contribution < -0.4 is 15.6 Å². The third kappa shape index (κ3) is 5.27. The number of ether oxygens (including phenoxy) is 1. The van der Waals surface area contributed by atoms with E-state index in [9.17, 15) is 9.18 Å². The molecule has 0 atom stereocenters. The Morgan fingerprint density at radius 1 is 1.16 bits per heavy atom. The van der Waals surface area contributed by atoms with Gasteiger partial charge in [-0.05, 0) is 80.5 Å². The molecule has 2 N–H and O–H groups in total. The molecule has 4 rings (SSSR count). The van der Waals surface area contributed by atoms with Crippen molar-refractivity contribution in [1.82, 2.24) is 9.88 Å². The van der Waals surface area contributed by atoms with Crippen LogP contribution in [0.3, 0.4) is 0 Å². The van der Waals surface area contributed by atoms with Crippen LogP contribution in [0.4, 0.5) is 10.1 Å². The number of nitrogens with zero attached hydrogens (tertiary/aromatic N) is 1. The highest BCUT2D eigenvalue weighted by Gasteiger charge is 2.24. The number of rotatable bonds is 6. The highest BCUT2D eigenvalue weighted by Crippen LogP contribution is 2.26. The first kappa shape index (κ1) is 22.3. The van der Waals surface area contributed by atoms with Gasteiger partial charge in [-0.2, -0.15) is 0 Å². The van der Waals surface area contributed by atoms with Gasteiger partial charge in [0.15, 0.2) is 5.11 Å². The molecule has 0 radical (unpaired) electrons. The van der Waals surface area contributed by atoms with E-state index in [-0.39, 0.29) is 17.4 Å². The molecule has 1 heterocycles. The Morgan fingerprint density at radius 3 is 2.62 bits per heavy atom. The fourth-order valence-electron chi connectivity index (χ4n) is 4.28. The highest BCUT2D eigenvalue weighted by molar-refractivity contribution is 7.80. The lowest BCUT2D eigenvalue weighted by atomic mass is 9.94. The minimum absolute atomic E-state index is 0.118. The molecule has 7 heteroatoms. The van der Waals surface area contributed by atoms with Crippen LogP contribution >= 0.6 is 12.2 Å². The predicted molar refractivity (Wildman–Crippen MR) is 131 cm³/mol. The second-order valence-corrected chi connectivity index (χ2v) is 8.55. The van der Waals surface area contributed by atoms with E-state index in [0.29, 0.717) is 23.8 Å². The van der Waals surface area contributed by atoms with Gasteiger partial charge in [-0.3, -0.25) is 4.79 Å². The number of H-pyrrole nitrogens is 1. The van der Waals surface area contributed by atoms with Crippen LogP contribution in [0.15, 0.2) is 53.3 Å². The maximum absolute atomic E-state index is 13.3. The number of halogens is 1. The van der Waals surface area contributed by atoms with Gasteiger partial charge < -0.3 is 19.9 Å². The summed E-state index contributed by atoms with van der Waals surface area (Å²) in [7, 11) is 0. The van der Waals surface area contributed by atoms with E-state index in [2.05, 4.69) is 15.2 Å². The van der Waals surface area contributed by atoms with Crippen molar-refractivity contribution in [3.63, 3.8) is 0 Å². The van der Waals surface area contributed by atoms with Gasteiger partial charge in [-0.15, -0.1) is 0 Å². The third-order valence-electron chi connectivity index (χ3n) is 5.92. The van der Waals surface area contributed by atoms with Crippen LogP contribution in [-0.4, -0.2) is 27.6 Å². The molecule has 1 saturated carbocycles. The molecule has 0 bridgehead atoms. The lowest BCUT2D eigenvalue weighted by molar-refractivity contribution is 0.240. The molecule has 5 nitrogen and oxygen atoms in total. The molecule has 1 aliphatic rings. The summed E-state index contributed by atoms with van der Waals surface area (Å²) in [5.41, 5.74) is 2.04. The van der Waals surface area contributed by atoms with Crippen molar-refractivity contribution in [2.24, 2.45) is 0 Å². The van der Waals surface area contributed by atoms with Gasteiger partial charge in [0.1, 0.15) is 11.6 Å². The monoisotopic (exact) mass is 453 g/mol. The van der Waals surface area contributed by atoms with Crippen LogP contribution in [0.1, 0.15) is 44.6 Å². The quantitative estimate of drug-likeness (QED) is 0.476. The summed E-state index contributed by atoms with van der Waals surface area (Å²) >= 11 is 5.75. The van der Waals surface area contributed by atoms with Gasteiger partial charge in [0, 0.05) is 28.2 Å². The summed E-state index contributed by atoms with van der Waals surface area (Å²) in [6, 6.07) is 14.0. The van der Waals surface area contributed by atoms with Gasteiger partial charge in [-0.1, -0.05) is 19.3 Å². The average molecular weight is 454 g/mol. The van der Waals surface area contributed by atoms with E-state index in [0.717, 1.165) is 48.0 Å². The van der Waals surface area contributed by atoms with E-state index in [1.54, 1.807) is 12.1 Å². The van der Waals surface area contributed by atoms with Crippen molar-refractivity contribution in [3.05, 3.63) is 70.3 Å². The lowest BCUT2D eigenvalue weighted by Crippen LogP contribution is -2.44. The van der Waals surface area contributed by atoms with Crippen molar-refractivity contribution < 1.29 is 9.13 Å². The molecule has 32 heavy (non-hydrogen) atoms. The zero-order valence-corrected chi connectivity index (χ0v) is 19.0. The molecule has 0 saturated heterocycles. The fourth-order valence-corrected chi connectivity index (χ4v) is 4.61. The Bertz CT molecular complexity index is 1140. The first-order valence-electron chi connectivity index (χ1n) is 11.2. The molecule has 0 unspecified atom stereocenters. The molecule has 0 aliphatic heterocycles. The molecular weight excluding hydrogens is 425 g/mol. The zero-order chi connectivity index (χ0) is 22.5. The molecule has 1 aromatic heterocycles. The van der Waals surface area contributed by atoms with Gasteiger partial charge in [0.05, 0.1) is 13.2 Å². The van der Waals surface area contributed by atoms with E-state index < -0.39 is 0 Å². The van der Waals surface area contributed by atoms with Gasteiger partial charge in [0.25, 0.3) is 5.56 Å². The van der Waals surface area contributed by atoms with E-state index in [1.165, 1.54) is 18.6 Å². The molecule has 0 amide bonds. The Balaban J connectivity index is 1.62. The molecule has 2 aromatic carbocycles. The zero-order valence-electron chi connectivity index (χ0n) is 18.2. The molecule has 1 fully saturated rings. The van der Waals surface area contributed by atoms with Crippen molar-refractivity contribution in [1.29, 1.82) is 0 Å². The highest BCUT2D eigenvalue weighted by atomic mass is 32.1. The number of hydrogen-bond acceptors (Lipinski definition) is 3. The van der Waals surface area contributed by atoms with Crippen molar-refractivity contribution >= 4 is 33.9 Å². The number of thiocarbonyl (C=S) groups is 1. The maximum Gasteiger partial charge on any atom is 0.253 e. The number of anilines is 1. The molecule has 0 spiro atoms. The first-order chi connectivity index (χ1) is 15.5. The summed E-state index contributed by atoms with van der Waals surface area (Å²) < 4.78 is 18.9. The van der Waals surface area contributed by atoms with Gasteiger partial charge >= 0.3 is 0 Å². The molecular formula is C25H28FN3O2S. The van der Waals surface area contributed by atoms with Crippen LogP contribution in [0.25, 0.3) is 10.9 Å². The second-order valence-electron chi connectivity index (χ2n) is 8.16. The van der Waals surface area contributed by atoms with E-state index >= 15 is 0 Å². The molecule has 3 aromatic rings. The second kappa shape index (κ2) is 10.1. The Hall–Kier alpha value is -2.93. The number of aromatic amines is 1. The topological polar surface area (TPSA) is 57.4 Å². The Morgan fingerprint density at radius 2 is 1.91 bits per heavy atom. The minimum Gasteiger partial charge on any atom is -0.494 e. The van der Waals surface area contributed by atoms with Crippen LogP contribution in [0, 0.1) is 5.82 Å². The average Bonchev–Trinajstić information content (AvgIpc) is 2.80. The summed E-state index contributed by atoms with van der Waals surface area (Å²) in [4.78, 5) is 18.0. The first-order valence-corrected chi connectivity index (χ1v) is 11.6. The summed E-state index contributed by atoms with van der Waals surface area (Å²) in [6.07, 6.45) is 5.58. The number of pyridine rings is 1. The number of benzene rings is 2. The van der Waals surface area contributed by atoms with Crippen molar-refractivity contribution in [3.8, 4) is 5.75 Å². The van der Waals surface area contributed by atoms with Crippen LogP contribution in [-0.2, 0) is 6.54 Å². The maximum atomic E-state index is 13.3. The van der Waals surface area contributed by atoms with Crippen molar-refractivity contribution in [2.45, 2.75) is 51.6 Å². The number of fused-ring (bicyclic) bond motifs is 1. The SMILES string of the molecule is CCOc1ccc2[nH]c(=O)c(CN(C(=S)Nc3ccc(F)cc3)C3CCCCC3)cc2c1. The predicted octanol–water partition coefficient (Wildman–Crippen LogP) is 5.60. The Kier molecular flexibility index (Phi) is 7.05. The molecule has 168 valence electrons. The largest absolute Gasteiger partial charge is 0.494 e. The number of nitrogens with one attached hydrogen (secondary N) is 2. The summed E-state index contributed by atoms with van der Waals surface area (Å²) in [5.74, 6) is 0.482. The van der Waals surface area contributed by atoms with E-state index in [1.807, 2.05) is 31.2 Å². The lowest BCUT2D eigenvalue weighted by Gasteiger charge is -2.36. The van der Waals surface area contributed by atoms with Gasteiger partial charge in [0.2, 0.25) is 0 Å².